The third kappa shape index (κ3) is 3.23. The Morgan fingerprint density at radius 2 is 2.22 bits per heavy atom. The van der Waals surface area contributed by atoms with Gasteiger partial charge in [0.15, 0.2) is 0 Å². The lowest BCUT2D eigenvalue weighted by Gasteiger charge is -1.98. The first-order chi connectivity index (χ1) is 3.98. The second kappa shape index (κ2) is 2.95. The molecule has 0 aliphatic carbocycles. The highest BCUT2D eigenvalue weighted by atomic mass is 32.2. The highest BCUT2D eigenvalue weighted by Gasteiger charge is 2.06. The van der Waals surface area contributed by atoms with Crippen LogP contribution in [0.5, 0.6) is 0 Å². The summed E-state index contributed by atoms with van der Waals surface area (Å²) in [4.78, 5) is -0.106. The first kappa shape index (κ1) is 8.61. The lowest BCUT2D eigenvalue weighted by atomic mass is 10.7. The molecule has 0 aliphatic rings. The van der Waals surface area contributed by atoms with Crippen molar-refractivity contribution in [1.29, 1.82) is 0 Å². The van der Waals surface area contributed by atoms with E-state index >= 15 is 0 Å². The summed E-state index contributed by atoms with van der Waals surface area (Å²) < 4.78 is 25.1. The number of methoxy groups -OCH3 is 1. The van der Waals surface area contributed by atoms with Gasteiger partial charge in [-0.25, -0.2) is 13.6 Å². The first-order valence-corrected chi connectivity index (χ1v) is 3.72. The van der Waals surface area contributed by atoms with Gasteiger partial charge in [0.1, 0.15) is 0 Å². The number of ether oxygens (including phenoxy) is 1. The molecule has 4 nitrogen and oxygen atoms in total. The molecule has 0 saturated carbocycles. The maximum Gasteiger partial charge on any atom is 0.235 e. The summed E-state index contributed by atoms with van der Waals surface area (Å²) in [7, 11) is -2.21. The fourth-order valence-corrected chi connectivity index (χ4v) is 0.525. The lowest BCUT2D eigenvalue weighted by Crippen LogP contribution is -2.16. The predicted molar refractivity (Wildman–Crippen MR) is 34.1 cm³/mol. The molecule has 0 radical (unpaired) electrons. The maximum atomic E-state index is 10.3. The molecule has 0 aromatic rings. The zero-order chi connectivity index (χ0) is 7.49. The molecule has 0 saturated heterocycles. The van der Waals surface area contributed by atoms with E-state index in [1.807, 2.05) is 0 Å². The molecule has 0 unspecified atom stereocenters. The Labute approximate surface area is 54.4 Å². The van der Waals surface area contributed by atoms with Crippen LogP contribution in [0, 0.1) is 0 Å². The normalized spacial score (nSPS) is 11.3. The molecular formula is C4H9NO3S. The van der Waals surface area contributed by atoms with E-state index in [-0.39, 0.29) is 11.5 Å². The van der Waals surface area contributed by atoms with Crippen LogP contribution in [-0.4, -0.2) is 22.1 Å². The average Bonchev–Trinajstić information content (AvgIpc) is 1.64. The lowest BCUT2D eigenvalue weighted by molar-refractivity contribution is 0.231. The topological polar surface area (TPSA) is 69.4 Å². The summed E-state index contributed by atoms with van der Waals surface area (Å²) in [5, 5.41) is 4.66. The molecule has 54 valence electrons. The Kier molecular flexibility index (Phi) is 2.83. The van der Waals surface area contributed by atoms with E-state index in [4.69, 9.17) is 0 Å². The summed E-state index contributed by atoms with van der Waals surface area (Å²) >= 11 is 0. The van der Waals surface area contributed by atoms with Crippen LogP contribution >= 0.6 is 0 Å². The van der Waals surface area contributed by atoms with Crippen LogP contribution in [0.4, 0.5) is 0 Å². The molecule has 0 spiro atoms. The van der Waals surface area contributed by atoms with Crippen molar-refractivity contribution >= 4 is 10.0 Å². The molecule has 0 aromatic heterocycles. The molecule has 0 bridgehead atoms. The smallest absolute Gasteiger partial charge is 0.235 e. The SMILES string of the molecule is C=C(COC)S(N)(=O)=O. The third-order valence-electron chi connectivity index (χ3n) is 0.708. The van der Waals surface area contributed by atoms with Gasteiger partial charge in [-0.15, -0.1) is 0 Å². The summed E-state index contributed by atoms with van der Waals surface area (Å²) in [5.74, 6) is 0. The molecule has 0 atom stereocenters. The van der Waals surface area contributed by atoms with Gasteiger partial charge in [0.2, 0.25) is 10.0 Å². The molecule has 0 amide bonds. The van der Waals surface area contributed by atoms with Gasteiger partial charge in [0.25, 0.3) is 0 Å². The quantitative estimate of drug-likeness (QED) is 0.587. The Morgan fingerprint density at radius 1 is 1.78 bits per heavy atom. The average molecular weight is 151 g/mol. The van der Waals surface area contributed by atoms with Crippen molar-refractivity contribution in [1.82, 2.24) is 0 Å². The van der Waals surface area contributed by atoms with Crippen LogP contribution in [0.3, 0.4) is 0 Å². The van der Waals surface area contributed by atoms with Gasteiger partial charge < -0.3 is 4.74 Å². The number of hydrogen-bond donors (Lipinski definition) is 1. The molecule has 2 N–H and O–H groups in total. The molecule has 0 aliphatic heterocycles. The monoisotopic (exact) mass is 151 g/mol. The second-order valence-corrected chi connectivity index (χ2v) is 3.18. The molecule has 0 aromatic carbocycles. The van der Waals surface area contributed by atoms with Crippen molar-refractivity contribution in [2.45, 2.75) is 0 Å². The van der Waals surface area contributed by atoms with Gasteiger partial charge in [0.05, 0.1) is 11.5 Å². The van der Waals surface area contributed by atoms with Crippen molar-refractivity contribution < 1.29 is 13.2 Å². The summed E-state index contributed by atoms with van der Waals surface area (Å²) in [6.07, 6.45) is 0. The Morgan fingerprint density at radius 3 is 2.33 bits per heavy atom. The maximum absolute atomic E-state index is 10.3. The predicted octanol–water partition coefficient (Wildman–Crippen LogP) is -0.565. The highest BCUT2D eigenvalue weighted by molar-refractivity contribution is 7.93. The van der Waals surface area contributed by atoms with Crippen LogP contribution in [0.2, 0.25) is 0 Å². The minimum absolute atomic E-state index is 0.0428. The van der Waals surface area contributed by atoms with Crippen LogP contribution < -0.4 is 5.14 Å². The van der Waals surface area contributed by atoms with Crippen LogP contribution in [0.15, 0.2) is 11.5 Å². The molecule has 9 heavy (non-hydrogen) atoms. The molecule has 5 heteroatoms. The largest absolute Gasteiger partial charge is 0.379 e. The summed E-state index contributed by atoms with van der Waals surface area (Å²) in [6.45, 7) is 3.13. The minimum atomic E-state index is -3.58. The molecule has 0 rings (SSSR count). The molecule has 0 fully saturated rings. The standard InChI is InChI=1S/C4H9NO3S/c1-4(3-8-2)9(5,6)7/h1,3H2,2H3,(H2,5,6,7). The van der Waals surface area contributed by atoms with Crippen molar-refractivity contribution in [2.24, 2.45) is 5.14 Å². The van der Waals surface area contributed by atoms with Gasteiger partial charge >= 0.3 is 0 Å². The van der Waals surface area contributed by atoms with E-state index in [0.717, 1.165) is 0 Å². The van der Waals surface area contributed by atoms with Gasteiger partial charge in [-0.05, 0) is 0 Å². The van der Waals surface area contributed by atoms with Crippen LogP contribution in [0.1, 0.15) is 0 Å². The van der Waals surface area contributed by atoms with Gasteiger partial charge in [0, 0.05) is 7.11 Å². The minimum Gasteiger partial charge on any atom is -0.379 e. The molecular weight excluding hydrogens is 142 g/mol. The number of rotatable bonds is 3. The van der Waals surface area contributed by atoms with Gasteiger partial charge in [-0.2, -0.15) is 0 Å². The number of hydrogen-bond acceptors (Lipinski definition) is 3. The van der Waals surface area contributed by atoms with Crippen molar-refractivity contribution in [3.63, 3.8) is 0 Å². The number of nitrogens with two attached hydrogens (primary N) is 1. The first-order valence-electron chi connectivity index (χ1n) is 2.18. The van der Waals surface area contributed by atoms with Crippen molar-refractivity contribution in [3.05, 3.63) is 11.5 Å². The van der Waals surface area contributed by atoms with E-state index in [2.05, 4.69) is 16.5 Å². The number of primary sulfonamides is 1. The van der Waals surface area contributed by atoms with E-state index < -0.39 is 10.0 Å². The number of sulfonamides is 1. The zero-order valence-corrected chi connectivity index (χ0v) is 5.94. The van der Waals surface area contributed by atoms with Crippen molar-refractivity contribution in [2.75, 3.05) is 13.7 Å². The highest BCUT2D eigenvalue weighted by Crippen LogP contribution is 1.95. The van der Waals surface area contributed by atoms with E-state index in [9.17, 15) is 8.42 Å². The van der Waals surface area contributed by atoms with Crippen LogP contribution in [-0.2, 0) is 14.8 Å². The third-order valence-corrected chi connectivity index (χ3v) is 1.63. The van der Waals surface area contributed by atoms with Gasteiger partial charge in [-0.1, -0.05) is 6.58 Å². The summed E-state index contributed by atoms with van der Waals surface area (Å²) in [6, 6.07) is 0. The van der Waals surface area contributed by atoms with Gasteiger partial charge in [-0.3, -0.25) is 0 Å². The Balaban J connectivity index is 4.08. The van der Waals surface area contributed by atoms with Crippen molar-refractivity contribution in [3.8, 4) is 0 Å². The van der Waals surface area contributed by atoms with Crippen LogP contribution in [0.25, 0.3) is 0 Å². The zero-order valence-electron chi connectivity index (χ0n) is 5.12. The summed E-state index contributed by atoms with van der Waals surface area (Å²) in [5.41, 5.74) is 0. The second-order valence-electron chi connectivity index (χ2n) is 1.52. The Hall–Kier alpha value is -0.390. The van der Waals surface area contributed by atoms with E-state index in [1.54, 1.807) is 0 Å². The van der Waals surface area contributed by atoms with E-state index in [0.29, 0.717) is 0 Å². The van der Waals surface area contributed by atoms with E-state index in [1.165, 1.54) is 7.11 Å². The fraction of sp³-hybridized carbons (Fsp3) is 0.500. The fourth-order valence-electron chi connectivity index (χ4n) is 0.243. The molecule has 0 heterocycles. The Bertz CT molecular complexity index is 194.